The number of nitrogens with two attached hydrogens (primary N) is 1. The Labute approximate surface area is 211 Å². The number of benzene rings is 1. The maximum atomic E-state index is 11.4. The van der Waals surface area contributed by atoms with Crippen molar-refractivity contribution >= 4 is 35.8 Å². The van der Waals surface area contributed by atoms with Gasteiger partial charge in [0.05, 0.1) is 18.6 Å². The van der Waals surface area contributed by atoms with E-state index in [4.69, 9.17) is 15.5 Å². The van der Waals surface area contributed by atoms with Gasteiger partial charge in [0.15, 0.2) is 5.96 Å². The van der Waals surface area contributed by atoms with Crippen molar-refractivity contribution in [1.29, 1.82) is 0 Å². The van der Waals surface area contributed by atoms with Crippen LogP contribution in [0, 0.1) is 11.8 Å². The van der Waals surface area contributed by atoms with Crippen LogP contribution in [0.2, 0.25) is 0 Å². The fourth-order valence-corrected chi connectivity index (χ4v) is 3.70. The first kappa shape index (κ1) is 28.5. The molecule has 0 saturated carbocycles. The Bertz CT molecular complexity index is 696. The fourth-order valence-electron chi connectivity index (χ4n) is 3.70. The zero-order valence-corrected chi connectivity index (χ0v) is 22.4. The van der Waals surface area contributed by atoms with Crippen molar-refractivity contribution in [2.24, 2.45) is 22.6 Å². The number of amides is 1. The second-order valence-electron chi connectivity index (χ2n) is 8.80. The van der Waals surface area contributed by atoms with E-state index in [9.17, 15) is 4.79 Å². The van der Waals surface area contributed by atoms with Crippen molar-refractivity contribution in [2.75, 3.05) is 39.3 Å². The number of carbonyl (C=O) groups excluding carboxylic acids is 1. The van der Waals surface area contributed by atoms with E-state index in [1.54, 1.807) is 0 Å². The lowest BCUT2D eigenvalue weighted by atomic mass is 9.97. The zero-order chi connectivity index (χ0) is 22.6. The molecule has 1 fully saturated rings. The molecule has 4 N–H and O–H groups in total. The van der Waals surface area contributed by atoms with Gasteiger partial charge < -0.3 is 26.0 Å². The molecular weight excluding hydrogens is 517 g/mol. The molecule has 0 spiro atoms. The molecule has 0 aromatic heterocycles. The maximum Gasteiger partial charge on any atom is 0.221 e. The minimum atomic E-state index is -0.171. The van der Waals surface area contributed by atoms with E-state index >= 15 is 0 Å². The first-order chi connectivity index (χ1) is 14.9. The molecule has 0 aliphatic carbocycles. The largest absolute Gasteiger partial charge is 0.493 e. The van der Waals surface area contributed by atoms with Crippen molar-refractivity contribution in [1.82, 2.24) is 15.5 Å². The number of guanidine groups is 1. The molecule has 32 heavy (non-hydrogen) atoms. The first-order valence-corrected chi connectivity index (χ1v) is 11.7. The molecule has 1 aliphatic heterocycles. The van der Waals surface area contributed by atoms with E-state index in [0.717, 1.165) is 70.3 Å². The van der Waals surface area contributed by atoms with Crippen molar-refractivity contribution in [2.45, 2.75) is 53.0 Å². The monoisotopic (exact) mass is 559 g/mol. The maximum absolute atomic E-state index is 11.4. The van der Waals surface area contributed by atoms with Gasteiger partial charge in [-0.2, -0.15) is 0 Å². The number of piperidine rings is 1. The van der Waals surface area contributed by atoms with Crippen molar-refractivity contribution in [3.8, 4) is 5.75 Å². The highest BCUT2D eigenvalue weighted by atomic mass is 127. The highest BCUT2D eigenvalue weighted by molar-refractivity contribution is 14.0. The Morgan fingerprint density at radius 2 is 2.00 bits per heavy atom. The summed E-state index contributed by atoms with van der Waals surface area (Å²) >= 11 is 0. The Balaban J connectivity index is 0.00000512. The molecule has 2 rings (SSSR count). The van der Waals surface area contributed by atoms with Crippen LogP contribution < -0.4 is 21.1 Å². The van der Waals surface area contributed by atoms with Crippen LogP contribution in [0.15, 0.2) is 29.3 Å². The summed E-state index contributed by atoms with van der Waals surface area (Å²) in [4.78, 5) is 18.5. The van der Waals surface area contributed by atoms with Crippen molar-refractivity contribution in [3.05, 3.63) is 29.8 Å². The summed E-state index contributed by atoms with van der Waals surface area (Å²) < 4.78 is 5.77. The third-order valence-corrected chi connectivity index (χ3v) is 5.47. The molecule has 1 aromatic carbocycles. The standard InChI is InChI=1S/C24H41N5O2.HI/c1-5-26-24(27-13-7-15-29-14-6-8-21(16-29)23(25)30)28-19(4)20-9-11-22(12-10-20)31-17-18(2)3;/h9-12,18-19,21H,5-8,13-17H2,1-4H3,(H2,25,30)(H2,26,27,28);1H. The molecule has 0 radical (unpaired) electrons. The average molecular weight is 560 g/mol. The Hall–Kier alpha value is -1.55. The lowest BCUT2D eigenvalue weighted by Gasteiger charge is -2.30. The van der Waals surface area contributed by atoms with Gasteiger partial charge in [0.25, 0.3) is 0 Å². The number of halogens is 1. The molecule has 1 saturated heterocycles. The van der Waals surface area contributed by atoms with Gasteiger partial charge >= 0.3 is 0 Å². The van der Waals surface area contributed by atoms with Crippen LogP contribution in [0.5, 0.6) is 5.75 Å². The number of hydrogen-bond acceptors (Lipinski definition) is 4. The highest BCUT2D eigenvalue weighted by Crippen LogP contribution is 2.18. The molecule has 1 aliphatic rings. The summed E-state index contributed by atoms with van der Waals surface area (Å²) in [6.07, 6.45) is 2.92. The summed E-state index contributed by atoms with van der Waals surface area (Å²) in [5.74, 6) is 2.07. The third kappa shape index (κ3) is 10.4. The van der Waals surface area contributed by atoms with E-state index in [1.807, 2.05) is 12.1 Å². The molecule has 8 heteroatoms. The van der Waals surface area contributed by atoms with Gasteiger partial charge in [0, 0.05) is 19.6 Å². The smallest absolute Gasteiger partial charge is 0.221 e. The molecule has 2 unspecified atom stereocenters. The van der Waals surface area contributed by atoms with Crippen LogP contribution in [0.1, 0.15) is 58.6 Å². The second-order valence-corrected chi connectivity index (χ2v) is 8.80. The van der Waals surface area contributed by atoms with E-state index in [1.165, 1.54) is 5.56 Å². The van der Waals surface area contributed by atoms with E-state index in [2.05, 4.69) is 55.4 Å². The predicted octanol–water partition coefficient (Wildman–Crippen LogP) is 3.54. The van der Waals surface area contributed by atoms with Gasteiger partial charge in [-0.25, -0.2) is 0 Å². The molecular formula is C24H42IN5O2. The molecule has 1 aromatic rings. The summed E-state index contributed by atoms with van der Waals surface area (Å²) in [7, 11) is 0. The van der Waals surface area contributed by atoms with Gasteiger partial charge in [-0.3, -0.25) is 9.79 Å². The van der Waals surface area contributed by atoms with Crippen LogP contribution in [0.3, 0.4) is 0 Å². The molecule has 1 heterocycles. The summed E-state index contributed by atoms with van der Waals surface area (Å²) in [6, 6.07) is 8.39. The lowest BCUT2D eigenvalue weighted by Crippen LogP contribution is -2.41. The van der Waals surface area contributed by atoms with Gasteiger partial charge in [0.2, 0.25) is 5.91 Å². The van der Waals surface area contributed by atoms with Crippen molar-refractivity contribution in [3.63, 3.8) is 0 Å². The number of carbonyl (C=O) groups is 1. The molecule has 0 bridgehead atoms. The topological polar surface area (TPSA) is 92.0 Å². The first-order valence-electron chi connectivity index (χ1n) is 11.7. The molecule has 182 valence electrons. The Morgan fingerprint density at radius 3 is 2.62 bits per heavy atom. The normalized spacial score (nSPS) is 18.0. The molecule has 7 nitrogen and oxygen atoms in total. The Kier molecular flexibility index (Phi) is 13.6. The van der Waals surface area contributed by atoms with E-state index in [0.29, 0.717) is 5.92 Å². The van der Waals surface area contributed by atoms with E-state index in [-0.39, 0.29) is 41.8 Å². The van der Waals surface area contributed by atoms with Crippen LogP contribution in [-0.2, 0) is 4.79 Å². The van der Waals surface area contributed by atoms with Crippen LogP contribution >= 0.6 is 24.0 Å². The number of primary amides is 1. The number of hydrogen-bond donors (Lipinski definition) is 3. The fraction of sp³-hybridized carbons (Fsp3) is 0.667. The number of likely N-dealkylation sites (tertiary alicyclic amines) is 1. The highest BCUT2D eigenvalue weighted by Gasteiger charge is 2.23. The second kappa shape index (κ2) is 15.3. The molecule has 1 amide bonds. The third-order valence-electron chi connectivity index (χ3n) is 5.47. The van der Waals surface area contributed by atoms with Crippen molar-refractivity contribution < 1.29 is 9.53 Å². The lowest BCUT2D eigenvalue weighted by molar-refractivity contribution is -0.123. The Morgan fingerprint density at radius 1 is 1.28 bits per heavy atom. The zero-order valence-electron chi connectivity index (χ0n) is 20.1. The number of aliphatic imine (C=N–C) groups is 1. The molecule has 2 atom stereocenters. The van der Waals surface area contributed by atoms with Crippen LogP contribution in [-0.4, -0.2) is 56.1 Å². The number of nitrogens with one attached hydrogen (secondary N) is 2. The predicted molar refractivity (Wildman–Crippen MR) is 143 cm³/mol. The number of nitrogens with zero attached hydrogens (tertiary/aromatic N) is 2. The number of rotatable bonds is 11. The SMILES string of the molecule is CCNC(=NCCCN1CCCC(C(N)=O)C1)NC(C)c1ccc(OCC(C)C)cc1.I. The van der Waals surface area contributed by atoms with Crippen LogP contribution in [0.4, 0.5) is 0 Å². The number of ether oxygens (including phenoxy) is 1. The van der Waals surface area contributed by atoms with Gasteiger partial charge in [0.1, 0.15) is 5.75 Å². The summed E-state index contributed by atoms with van der Waals surface area (Å²) in [6.45, 7) is 13.5. The van der Waals surface area contributed by atoms with Gasteiger partial charge in [-0.05, 0) is 69.8 Å². The summed E-state index contributed by atoms with van der Waals surface area (Å²) in [5.41, 5.74) is 6.66. The van der Waals surface area contributed by atoms with E-state index < -0.39 is 0 Å². The minimum absolute atomic E-state index is 0. The average Bonchev–Trinajstić information content (AvgIpc) is 2.75. The summed E-state index contributed by atoms with van der Waals surface area (Å²) in [5, 5.41) is 6.81. The van der Waals surface area contributed by atoms with Crippen LogP contribution in [0.25, 0.3) is 0 Å². The van der Waals surface area contributed by atoms with Gasteiger partial charge in [-0.1, -0.05) is 26.0 Å². The van der Waals surface area contributed by atoms with Gasteiger partial charge in [-0.15, -0.1) is 24.0 Å². The minimum Gasteiger partial charge on any atom is -0.493 e. The quantitative estimate of drug-likeness (QED) is 0.167.